The molecule has 0 heterocycles. The minimum absolute atomic E-state index is 0. The molecule has 8 heteroatoms. The largest absolute Gasteiger partial charge is 0.368 e. The Balaban J connectivity index is 0.000000437. The normalized spacial score (nSPS) is 9.96. The van der Waals surface area contributed by atoms with Gasteiger partial charge in [0.05, 0.1) is 37.1 Å². The fraction of sp³-hybridized carbons (Fsp3) is 0.0870. The third-order valence-electron chi connectivity index (χ3n) is 7.53. The number of aliphatic hydroxyl groups is 4. The summed E-state index contributed by atoms with van der Waals surface area (Å²) < 4.78 is 0. The van der Waals surface area contributed by atoms with E-state index in [1.54, 1.807) is 0 Å². The Labute approximate surface area is 352 Å². The summed E-state index contributed by atoms with van der Waals surface area (Å²) in [6.07, 6.45) is 1.47. The molecule has 0 aliphatic rings. The van der Waals surface area contributed by atoms with Crippen molar-refractivity contribution in [3.8, 4) is 0 Å². The van der Waals surface area contributed by atoms with Gasteiger partial charge in [-0.2, -0.15) is 37.1 Å². The van der Waals surface area contributed by atoms with E-state index in [-0.39, 0.29) is 40.8 Å². The SMILES string of the molecule is C=Cc1ccc([CH2-])c([PH+](c2ccccc2)c2ccccc2)c1.C=Cc1ccc([CH2-])c([PH+](c2ccccc2)c2ccccc2)c1.CC(O)O.CC(O)O.[Pd].[Pd]. The summed E-state index contributed by atoms with van der Waals surface area (Å²) in [7, 11) is -2.10. The number of hydrogen-bond donors (Lipinski definition) is 4. The number of aliphatic hydroxyl groups excluding tert-OH is 2. The van der Waals surface area contributed by atoms with Gasteiger partial charge in [0.1, 0.15) is 12.6 Å². The molecule has 0 aliphatic heterocycles. The van der Waals surface area contributed by atoms with Crippen molar-refractivity contribution in [2.75, 3.05) is 0 Å². The molecule has 4 nitrogen and oxygen atoms in total. The molecule has 0 amide bonds. The molecule has 6 aromatic rings. The van der Waals surface area contributed by atoms with E-state index >= 15 is 0 Å². The molecule has 4 N–H and O–H groups in total. The van der Waals surface area contributed by atoms with Gasteiger partial charge in [-0.3, -0.25) is 0 Å². The zero-order valence-corrected chi connectivity index (χ0v) is 35.7. The van der Waals surface area contributed by atoms with Crippen molar-refractivity contribution in [3.05, 3.63) is 207 Å². The van der Waals surface area contributed by atoms with Gasteiger partial charge >= 0.3 is 0 Å². The van der Waals surface area contributed by atoms with Crippen LogP contribution in [-0.2, 0) is 40.8 Å². The maximum absolute atomic E-state index is 7.61. The first kappa shape index (κ1) is 48.6. The van der Waals surface area contributed by atoms with Crippen molar-refractivity contribution in [2.45, 2.75) is 26.4 Å². The van der Waals surface area contributed by atoms with Crippen LogP contribution in [0, 0.1) is 13.8 Å². The molecular formula is C46H50O4P2Pd2. The van der Waals surface area contributed by atoms with Gasteiger partial charge < -0.3 is 20.4 Å². The maximum Gasteiger partial charge on any atom is 0.148 e. The smallest absolute Gasteiger partial charge is 0.148 e. The van der Waals surface area contributed by atoms with Crippen LogP contribution in [0.15, 0.2) is 171 Å². The van der Waals surface area contributed by atoms with Gasteiger partial charge in [-0.05, 0) is 73.5 Å². The van der Waals surface area contributed by atoms with Gasteiger partial charge in [-0.15, -0.1) is 12.1 Å². The third kappa shape index (κ3) is 16.1. The van der Waals surface area contributed by atoms with E-state index in [0.717, 1.165) is 22.3 Å². The molecule has 0 spiro atoms. The zero-order valence-electron chi connectivity index (χ0n) is 30.6. The molecule has 6 aromatic carbocycles. The molecule has 54 heavy (non-hydrogen) atoms. The number of hydrogen-bond acceptors (Lipinski definition) is 4. The predicted molar refractivity (Wildman–Crippen MR) is 230 cm³/mol. The first-order chi connectivity index (χ1) is 25.0. The van der Waals surface area contributed by atoms with E-state index in [9.17, 15) is 0 Å². The van der Waals surface area contributed by atoms with Crippen molar-refractivity contribution in [1.29, 1.82) is 0 Å². The van der Waals surface area contributed by atoms with Crippen LogP contribution < -0.4 is 31.8 Å². The minimum atomic E-state index is -1.17. The van der Waals surface area contributed by atoms with Crippen molar-refractivity contribution in [2.24, 2.45) is 0 Å². The van der Waals surface area contributed by atoms with Crippen molar-refractivity contribution < 1.29 is 61.3 Å². The Hall–Kier alpha value is -3.44. The van der Waals surface area contributed by atoms with Crippen LogP contribution in [0.4, 0.5) is 0 Å². The van der Waals surface area contributed by atoms with E-state index in [1.807, 2.05) is 12.2 Å². The van der Waals surface area contributed by atoms with E-state index in [1.165, 1.54) is 45.7 Å². The van der Waals surface area contributed by atoms with Gasteiger partial charge in [0, 0.05) is 51.5 Å². The standard InChI is InChI=1S/2C21H18P.2C2H6O2.2Pd/c2*1-3-18-15-14-17(2)21(16-18)22(19-10-6-4-7-11-19)20-12-8-5-9-13-20;2*1-2(3)4;;/h2*3-16H,1-2H2;2*2-4H,1H3;;/q2*-1;;;;/p+2. The van der Waals surface area contributed by atoms with Gasteiger partial charge in [0.2, 0.25) is 0 Å². The summed E-state index contributed by atoms with van der Waals surface area (Å²) in [4.78, 5) is 0. The molecule has 0 unspecified atom stereocenters. The summed E-state index contributed by atoms with van der Waals surface area (Å²) in [5.41, 5.74) is 4.51. The first-order valence-electron chi connectivity index (χ1n) is 16.9. The Morgan fingerprint density at radius 3 is 0.870 bits per heavy atom. The van der Waals surface area contributed by atoms with Crippen LogP contribution >= 0.6 is 15.8 Å². The minimum Gasteiger partial charge on any atom is -0.368 e. The second-order valence-electron chi connectivity index (χ2n) is 11.7. The molecule has 0 atom stereocenters. The van der Waals surface area contributed by atoms with Crippen molar-refractivity contribution >= 4 is 59.8 Å². The van der Waals surface area contributed by atoms with E-state index in [2.05, 4.69) is 185 Å². The Morgan fingerprint density at radius 1 is 0.444 bits per heavy atom. The summed E-state index contributed by atoms with van der Waals surface area (Å²) >= 11 is 0. The molecule has 0 bridgehead atoms. The first-order valence-corrected chi connectivity index (χ1v) is 19.9. The van der Waals surface area contributed by atoms with Gasteiger partial charge in [0.15, 0.2) is 0 Å². The number of rotatable bonds is 8. The zero-order chi connectivity index (χ0) is 37.9. The Kier molecular flexibility index (Phi) is 23.7. The molecule has 0 radical (unpaired) electrons. The van der Waals surface area contributed by atoms with Gasteiger partial charge in [-0.1, -0.05) is 110 Å². The number of benzene rings is 6. The van der Waals surface area contributed by atoms with Crippen LogP contribution in [0.1, 0.15) is 36.1 Å². The Bertz CT molecular complexity index is 1700. The maximum atomic E-state index is 7.61. The third-order valence-corrected chi connectivity index (χ3v) is 13.2. The van der Waals surface area contributed by atoms with Crippen LogP contribution in [0.3, 0.4) is 0 Å². The second kappa shape index (κ2) is 26.4. The molecular weight excluding hydrogens is 891 g/mol. The molecule has 0 aliphatic carbocycles. The molecule has 288 valence electrons. The van der Waals surface area contributed by atoms with Crippen molar-refractivity contribution in [1.82, 2.24) is 0 Å². The molecule has 6 rings (SSSR count). The molecule has 0 saturated heterocycles. The van der Waals surface area contributed by atoms with Crippen LogP contribution in [-0.4, -0.2) is 33.0 Å². The summed E-state index contributed by atoms with van der Waals surface area (Å²) in [6.45, 7) is 18.9. The van der Waals surface area contributed by atoms with E-state index in [4.69, 9.17) is 20.4 Å². The predicted octanol–water partition coefficient (Wildman–Crippen LogP) is 6.63. The monoisotopic (exact) mass is 940 g/mol. The fourth-order valence-corrected chi connectivity index (χ4v) is 10.7. The quantitative estimate of drug-likeness (QED) is 0.0599. The Morgan fingerprint density at radius 2 is 0.667 bits per heavy atom. The second-order valence-corrected chi connectivity index (χ2v) is 16.6. The van der Waals surface area contributed by atoms with Crippen LogP contribution in [0.2, 0.25) is 0 Å². The van der Waals surface area contributed by atoms with Gasteiger partial charge in [-0.25, -0.2) is 0 Å². The van der Waals surface area contributed by atoms with Crippen LogP contribution in [0.25, 0.3) is 12.2 Å². The van der Waals surface area contributed by atoms with E-state index < -0.39 is 28.4 Å². The molecule has 0 saturated carbocycles. The average Bonchev–Trinajstić information content (AvgIpc) is 3.15. The molecule has 0 fully saturated rings. The topological polar surface area (TPSA) is 80.9 Å². The summed E-state index contributed by atoms with van der Waals surface area (Å²) in [5.74, 6) is 0. The summed E-state index contributed by atoms with van der Waals surface area (Å²) in [6, 6.07) is 55.8. The molecule has 0 aromatic heterocycles. The van der Waals surface area contributed by atoms with Crippen molar-refractivity contribution in [3.63, 3.8) is 0 Å². The van der Waals surface area contributed by atoms with E-state index in [0.29, 0.717) is 0 Å². The summed E-state index contributed by atoms with van der Waals surface area (Å²) in [5, 5.41) is 38.6. The fourth-order valence-electron chi connectivity index (χ4n) is 5.28. The van der Waals surface area contributed by atoms with Gasteiger partial charge in [0.25, 0.3) is 0 Å². The van der Waals surface area contributed by atoms with Crippen LogP contribution in [0.5, 0.6) is 0 Å². The average molecular weight is 942 g/mol.